The summed E-state index contributed by atoms with van der Waals surface area (Å²) >= 11 is 3.37. The molecule has 0 bridgehead atoms. The van der Waals surface area contributed by atoms with Gasteiger partial charge in [0.25, 0.3) is 0 Å². The highest BCUT2D eigenvalue weighted by Crippen LogP contribution is 2.33. The topological polar surface area (TPSA) is 44.8 Å². The minimum Gasteiger partial charge on any atom is -0.495 e. The second kappa shape index (κ2) is 7.69. The summed E-state index contributed by atoms with van der Waals surface area (Å²) in [7, 11) is 1.57. The van der Waals surface area contributed by atoms with E-state index in [1.54, 1.807) is 25.3 Å². The van der Waals surface area contributed by atoms with E-state index in [0.29, 0.717) is 16.0 Å². The van der Waals surface area contributed by atoms with Crippen molar-refractivity contribution in [3.8, 4) is 11.5 Å². The molecule has 110 valence electrons. The summed E-state index contributed by atoms with van der Waals surface area (Å²) < 4.78 is 16.4. The Labute approximate surface area is 131 Å². The lowest BCUT2D eigenvalue weighted by molar-refractivity contribution is -0.147. The van der Waals surface area contributed by atoms with Crippen LogP contribution in [0.2, 0.25) is 0 Å². The number of carbonyl (C=O) groups excluding carboxylic acids is 1. The zero-order valence-electron chi connectivity index (χ0n) is 11.5. The molecular weight excluding hydrogens is 336 g/mol. The van der Waals surface area contributed by atoms with E-state index >= 15 is 0 Å². The van der Waals surface area contributed by atoms with Gasteiger partial charge in [0.05, 0.1) is 7.11 Å². The first-order valence-corrected chi connectivity index (χ1v) is 7.15. The van der Waals surface area contributed by atoms with E-state index in [4.69, 9.17) is 14.2 Å². The highest BCUT2D eigenvalue weighted by Gasteiger charge is 2.10. The maximum Gasteiger partial charge on any atom is 0.344 e. The fraction of sp³-hybridized carbons (Fsp3) is 0.188. The molecule has 0 aliphatic carbocycles. The van der Waals surface area contributed by atoms with E-state index < -0.39 is 5.97 Å². The predicted molar refractivity (Wildman–Crippen MR) is 82.4 cm³/mol. The number of methoxy groups -OCH3 is 1. The van der Waals surface area contributed by atoms with E-state index in [1.807, 2.05) is 30.3 Å². The van der Waals surface area contributed by atoms with Gasteiger partial charge in [-0.05, 0) is 33.6 Å². The van der Waals surface area contributed by atoms with Crippen molar-refractivity contribution < 1.29 is 19.0 Å². The van der Waals surface area contributed by atoms with Crippen molar-refractivity contribution in [2.45, 2.75) is 6.61 Å². The molecule has 0 unspecified atom stereocenters. The van der Waals surface area contributed by atoms with Crippen LogP contribution in [-0.2, 0) is 16.1 Å². The summed E-state index contributed by atoms with van der Waals surface area (Å²) in [4.78, 5) is 11.7. The number of esters is 1. The van der Waals surface area contributed by atoms with Crippen molar-refractivity contribution in [2.75, 3.05) is 13.7 Å². The van der Waals surface area contributed by atoms with Gasteiger partial charge < -0.3 is 14.2 Å². The fourth-order valence-electron chi connectivity index (χ4n) is 1.68. The Morgan fingerprint density at radius 2 is 1.76 bits per heavy atom. The van der Waals surface area contributed by atoms with E-state index in [0.717, 1.165) is 5.56 Å². The smallest absolute Gasteiger partial charge is 0.344 e. The first kappa shape index (κ1) is 15.4. The first-order chi connectivity index (χ1) is 10.2. The Morgan fingerprint density at radius 3 is 2.48 bits per heavy atom. The van der Waals surface area contributed by atoms with Crippen LogP contribution in [0.1, 0.15) is 5.56 Å². The normalized spacial score (nSPS) is 10.0. The molecule has 0 saturated carbocycles. The van der Waals surface area contributed by atoms with Gasteiger partial charge in [-0.3, -0.25) is 0 Å². The molecule has 0 radical (unpaired) electrons. The van der Waals surface area contributed by atoms with Crippen LogP contribution in [0.25, 0.3) is 0 Å². The van der Waals surface area contributed by atoms with Crippen molar-refractivity contribution in [1.29, 1.82) is 0 Å². The van der Waals surface area contributed by atoms with Gasteiger partial charge in [0, 0.05) is 0 Å². The van der Waals surface area contributed by atoms with E-state index in [9.17, 15) is 4.79 Å². The minimum absolute atomic E-state index is 0.154. The summed E-state index contributed by atoms with van der Waals surface area (Å²) in [5.74, 6) is 0.754. The molecule has 2 aromatic rings. The third-order valence-electron chi connectivity index (χ3n) is 2.74. The van der Waals surface area contributed by atoms with Crippen LogP contribution in [0.3, 0.4) is 0 Å². The molecule has 0 aromatic heterocycles. The summed E-state index contributed by atoms with van der Waals surface area (Å²) in [6.07, 6.45) is 0. The molecule has 0 N–H and O–H groups in total. The van der Waals surface area contributed by atoms with Gasteiger partial charge in [-0.25, -0.2) is 4.79 Å². The summed E-state index contributed by atoms with van der Waals surface area (Å²) in [6, 6.07) is 14.8. The predicted octanol–water partition coefficient (Wildman–Crippen LogP) is 3.58. The Bertz CT molecular complexity index is 598. The van der Waals surface area contributed by atoms with E-state index in [1.165, 1.54) is 0 Å². The van der Waals surface area contributed by atoms with Crippen LogP contribution in [0.4, 0.5) is 0 Å². The molecule has 0 spiro atoms. The van der Waals surface area contributed by atoms with Crippen LogP contribution in [0, 0.1) is 0 Å². The SMILES string of the molecule is COc1cccc(OCC(=O)OCc2ccccc2)c1Br. The quantitative estimate of drug-likeness (QED) is 0.747. The van der Waals surface area contributed by atoms with Crippen molar-refractivity contribution in [3.63, 3.8) is 0 Å². The lowest BCUT2D eigenvalue weighted by Crippen LogP contribution is -2.15. The third kappa shape index (κ3) is 4.49. The van der Waals surface area contributed by atoms with Gasteiger partial charge >= 0.3 is 5.97 Å². The summed E-state index contributed by atoms with van der Waals surface area (Å²) in [5.41, 5.74) is 0.938. The Hall–Kier alpha value is -2.01. The van der Waals surface area contributed by atoms with Crippen LogP contribution < -0.4 is 9.47 Å². The zero-order chi connectivity index (χ0) is 15.1. The monoisotopic (exact) mass is 350 g/mol. The second-order valence-electron chi connectivity index (χ2n) is 4.21. The molecule has 0 heterocycles. The average molecular weight is 351 g/mol. The molecular formula is C16H15BrO4. The van der Waals surface area contributed by atoms with Crippen LogP contribution in [0.5, 0.6) is 11.5 Å². The number of hydrogen-bond acceptors (Lipinski definition) is 4. The van der Waals surface area contributed by atoms with Crippen molar-refractivity contribution in [3.05, 3.63) is 58.6 Å². The lowest BCUT2D eigenvalue weighted by atomic mass is 10.2. The number of hydrogen-bond donors (Lipinski definition) is 0. The molecule has 0 saturated heterocycles. The van der Waals surface area contributed by atoms with E-state index in [2.05, 4.69) is 15.9 Å². The molecule has 0 atom stereocenters. The molecule has 5 heteroatoms. The number of halogens is 1. The second-order valence-corrected chi connectivity index (χ2v) is 5.00. The maximum atomic E-state index is 11.7. The molecule has 0 amide bonds. The van der Waals surface area contributed by atoms with Crippen LogP contribution >= 0.6 is 15.9 Å². The Morgan fingerprint density at radius 1 is 1.05 bits per heavy atom. The molecule has 21 heavy (non-hydrogen) atoms. The molecule has 4 nitrogen and oxygen atoms in total. The molecule has 0 aliphatic heterocycles. The molecule has 2 rings (SSSR count). The van der Waals surface area contributed by atoms with Gasteiger partial charge in [-0.1, -0.05) is 36.4 Å². The summed E-state index contributed by atoms with van der Waals surface area (Å²) in [5, 5.41) is 0. The van der Waals surface area contributed by atoms with E-state index in [-0.39, 0.29) is 13.2 Å². The van der Waals surface area contributed by atoms with Gasteiger partial charge in [0.15, 0.2) is 6.61 Å². The highest BCUT2D eigenvalue weighted by molar-refractivity contribution is 9.10. The third-order valence-corrected chi connectivity index (χ3v) is 3.52. The van der Waals surface area contributed by atoms with Crippen molar-refractivity contribution in [2.24, 2.45) is 0 Å². The van der Waals surface area contributed by atoms with Gasteiger partial charge in [0.2, 0.25) is 0 Å². The number of rotatable bonds is 6. The molecule has 0 aliphatic rings. The minimum atomic E-state index is -0.423. The lowest BCUT2D eigenvalue weighted by Gasteiger charge is -2.10. The van der Waals surface area contributed by atoms with Crippen LogP contribution in [0.15, 0.2) is 53.0 Å². The zero-order valence-corrected chi connectivity index (χ0v) is 13.1. The Kier molecular flexibility index (Phi) is 5.63. The van der Waals surface area contributed by atoms with Crippen molar-refractivity contribution in [1.82, 2.24) is 0 Å². The Balaban J connectivity index is 1.84. The number of carbonyl (C=O) groups is 1. The molecule has 0 fully saturated rings. The standard InChI is InChI=1S/C16H15BrO4/c1-19-13-8-5-9-14(16(13)17)20-11-15(18)21-10-12-6-3-2-4-7-12/h2-9H,10-11H2,1H3. The van der Waals surface area contributed by atoms with Crippen molar-refractivity contribution >= 4 is 21.9 Å². The van der Waals surface area contributed by atoms with Gasteiger partial charge in [-0.2, -0.15) is 0 Å². The van der Waals surface area contributed by atoms with Gasteiger partial charge in [0.1, 0.15) is 22.6 Å². The average Bonchev–Trinajstić information content (AvgIpc) is 2.53. The largest absolute Gasteiger partial charge is 0.495 e. The number of ether oxygens (including phenoxy) is 3. The summed E-state index contributed by atoms with van der Waals surface area (Å²) in [6.45, 7) is 0.0842. The maximum absolute atomic E-state index is 11.7. The molecule has 2 aromatic carbocycles. The fourth-order valence-corrected chi connectivity index (χ4v) is 2.22. The highest BCUT2D eigenvalue weighted by atomic mass is 79.9. The van der Waals surface area contributed by atoms with Crippen LogP contribution in [-0.4, -0.2) is 19.7 Å². The number of benzene rings is 2. The first-order valence-electron chi connectivity index (χ1n) is 6.35. The van der Waals surface area contributed by atoms with Gasteiger partial charge in [-0.15, -0.1) is 0 Å².